The second-order valence-electron chi connectivity index (χ2n) is 3.39. The molecule has 0 radical (unpaired) electrons. The quantitative estimate of drug-likeness (QED) is 0.782. The highest BCUT2D eigenvalue weighted by molar-refractivity contribution is 7.99. The summed E-state index contributed by atoms with van der Waals surface area (Å²) in [4.78, 5) is 3.53. The van der Waals surface area contributed by atoms with Gasteiger partial charge >= 0.3 is 0 Å². The van der Waals surface area contributed by atoms with Gasteiger partial charge in [0.2, 0.25) is 0 Å². The lowest BCUT2D eigenvalue weighted by molar-refractivity contribution is 0.746. The van der Waals surface area contributed by atoms with Crippen molar-refractivity contribution in [3.05, 3.63) is 0 Å². The highest BCUT2D eigenvalue weighted by Gasteiger charge is 2.15. The molecule has 0 unspecified atom stereocenters. The van der Waals surface area contributed by atoms with Crippen LogP contribution in [0.2, 0.25) is 0 Å². The standard InChI is InChI=1S/C10H19N3S2/c1-4-6-13(7-5-2)10-8(14-3)9(11)12-15-10/h4-7H2,1-3H3,(H2,11,12). The predicted octanol–water partition coefficient (Wildman–Crippen LogP) is 3.07. The van der Waals surface area contributed by atoms with Crippen molar-refractivity contribution in [1.82, 2.24) is 4.37 Å². The van der Waals surface area contributed by atoms with Crippen molar-refractivity contribution >= 4 is 34.1 Å². The van der Waals surface area contributed by atoms with Gasteiger partial charge in [0.05, 0.1) is 4.90 Å². The van der Waals surface area contributed by atoms with Crippen molar-refractivity contribution in [2.75, 3.05) is 30.0 Å². The van der Waals surface area contributed by atoms with E-state index >= 15 is 0 Å². The van der Waals surface area contributed by atoms with Crippen molar-refractivity contribution in [2.45, 2.75) is 31.6 Å². The van der Waals surface area contributed by atoms with Gasteiger partial charge in [0.15, 0.2) is 5.82 Å². The van der Waals surface area contributed by atoms with Gasteiger partial charge in [-0.25, -0.2) is 0 Å². The summed E-state index contributed by atoms with van der Waals surface area (Å²) in [5, 5.41) is 1.24. The summed E-state index contributed by atoms with van der Waals surface area (Å²) in [6.07, 6.45) is 4.37. The fraction of sp³-hybridized carbons (Fsp3) is 0.700. The van der Waals surface area contributed by atoms with E-state index in [1.54, 1.807) is 11.8 Å². The van der Waals surface area contributed by atoms with Crippen LogP contribution in [0.3, 0.4) is 0 Å². The molecule has 0 saturated heterocycles. The normalized spacial score (nSPS) is 10.6. The smallest absolute Gasteiger partial charge is 0.153 e. The zero-order chi connectivity index (χ0) is 11.3. The van der Waals surface area contributed by atoms with Crippen molar-refractivity contribution < 1.29 is 0 Å². The van der Waals surface area contributed by atoms with Gasteiger partial charge in [0, 0.05) is 13.1 Å². The third-order valence-corrected chi connectivity index (χ3v) is 4.00. The van der Waals surface area contributed by atoms with E-state index in [9.17, 15) is 0 Å². The van der Waals surface area contributed by atoms with E-state index in [2.05, 4.69) is 29.4 Å². The first-order chi connectivity index (χ1) is 7.24. The molecule has 0 fully saturated rings. The monoisotopic (exact) mass is 245 g/mol. The van der Waals surface area contributed by atoms with Gasteiger partial charge in [-0.1, -0.05) is 13.8 Å². The van der Waals surface area contributed by atoms with Crippen molar-refractivity contribution in [1.29, 1.82) is 0 Å². The molecule has 0 bridgehead atoms. The number of thioether (sulfide) groups is 1. The van der Waals surface area contributed by atoms with Crippen LogP contribution in [0.15, 0.2) is 4.90 Å². The van der Waals surface area contributed by atoms with Gasteiger partial charge < -0.3 is 10.6 Å². The average Bonchev–Trinajstić information content (AvgIpc) is 2.59. The molecule has 0 atom stereocenters. The Labute approximate surface area is 100 Å². The van der Waals surface area contributed by atoms with E-state index in [1.165, 1.54) is 16.5 Å². The molecule has 15 heavy (non-hydrogen) atoms. The summed E-state index contributed by atoms with van der Waals surface area (Å²) in [5.41, 5.74) is 5.83. The number of hydrogen-bond acceptors (Lipinski definition) is 5. The SMILES string of the molecule is CCCN(CCC)c1snc(N)c1SC. The average molecular weight is 245 g/mol. The van der Waals surface area contributed by atoms with Crippen LogP contribution in [0.25, 0.3) is 0 Å². The van der Waals surface area contributed by atoms with Crippen LogP contribution >= 0.6 is 23.3 Å². The van der Waals surface area contributed by atoms with Crippen LogP contribution in [-0.4, -0.2) is 23.7 Å². The minimum atomic E-state index is 0.680. The fourth-order valence-electron chi connectivity index (χ4n) is 1.53. The summed E-state index contributed by atoms with van der Waals surface area (Å²) in [6.45, 7) is 6.57. The summed E-state index contributed by atoms with van der Waals surface area (Å²) in [5.74, 6) is 0.680. The van der Waals surface area contributed by atoms with E-state index in [0.717, 1.165) is 30.8 Å². The Morgan fingerprint density at radius 2 is 1.93 bits per heavy atom. The zero-order valence-corrected chi connectivity index (χ0v) is 11.2. The van der Waals surface area contributed by atoms with E-state index < -0.39 is 0 Å². The third kappa shape index (κ3) is 3.01. The molecule has 1 rings (SSSR count). The Morgan fingerprint density at radius 1 is 1.33 bits per heavy atom. The summed E-state index contributed by atoms with van der Waals surface area (Å²) in [7, 11) is 0. The molecule has 1 aromatic rings. The van der Waals surface area contributed by atoms with Crippen LogP contribution in [0, 0.1) is 0 Å². The van der Waals surface area contributed by atoms with Crippen molar-refractivity contribution in [2.24, 2.45) is 0 Å². The first-order valence-corrected chi connectivity index (χ1v) is 7.28. The molecule has 2 N–H and O–H groups in total. The van der Waals surface area contributed by atoms with Crippen molar-refractivity contribution in [3.8, 4) is 0 Å². The van der Waals surface area contributed by atoms with Gasteiger partial charge in [-0.05, 0) is 30.6 Å². The number of nitrogens with two attached hydrogens (primary N) is 1. The maximum atomic E-state index is 5.83. The van der Waals surface area contributed by atoms with Gasteiger partial charge in [-0.2, -0.15) is 4.37 Å². The molecule has 5 heteroatoms. The van der Waals surface area contributed by atoms with Crippen LogP contribution in [-0.2, 0) is 0 Å². The van der Waals surface area contributed by atoms with E-state index in [-0.39, 0.29) is 0 Å². The van der Waals surface area contributed by atoms with Gasteiger partial charge in [-0.15, -0.1) is 11.8 Å². The van der Waals surface area contributed by atoms with Crippen LogP contribution < -0.4 is 10.6 Å². The van der Waals surface area contributed by atoms with E-state index in [4.69, 9.17) is 5.73 Å². The number of nitrogen functional groups attached to an aromatic ring is 1. The molecule has 1 aromatic heterocycles. The molecule has 0 amide bonds. The van der Waals surface area contributed by atoms with E-state index in [0.29, 0.717) is 5.82 Å². The Balaban J connectivity index is 2.88. The van der Waals surface area contributed by atoms with Gasteiger partial charge in [0.1, 0.15) is 5.00 Å². The lowest BCUT2D eigenvalue weighted by Gasteiger charge is -2.22. The molecule has 0 spiro atoms. The van der Waals surface area contributed by atoms with Crippen LogP contribution in [0.1, 0.15) is 26.7 Å². The molecule has 0 saturated carbocycles. The highest BCUT2D eigenvalue weighted by Crippen LogP contribution is 2.37. The first-order valence-electron chi connectivity index (χ1n) is 5.28. The maximum Gasteiger partial charge on any atom is 0.153 e. The Morgan fingerprint density at radius 3 is 2.40 bits per heavy atom. The number of rotatable bonds is 6. The first kappa shape index (κ1) is 12.6. The predicted molar refractivity (Wildman–Crippen MR) is 71.1 cm³/mol. The minimum Gasteiger partial charge on any atom is -0.382 e. The lowest BCUT2D eigenvalue weighted by atomic mass is 10.3. The molecule has 0 aliphatic rings. The lowest BCUT2D eigenvalue weighted by Crippen LogP contribution is -2.24. The molecule has 0 aliphatic carbocycles. The molecule has 86 valence electrons. The van der Waals surface area contributed by atoms with Crippen LogP contribution in [0.5, 0.6) is 0 Å². The van der Waals surface area contributed by atoms with Crippen molar-refractivity contribution in [3.63, 3.8) is 0 Å². The molecule has 3 nitrogen and oxygen atoms in total. The molecule has 0 aromatic carbocycles. The number of aromatic nitrogens is 1. The zero-order valence-electron chi connectivity index (χ0n) is 9.62. The highest BCUT2D eigenvalue weighted by atomic mass is 32.2. The number of nitrogens with zero attached hydrogens (tertiary/aromatic N) is 2. The minimum absolute atomic E-state index is 0.680. The summed E-state index contributed by atoms with van der Waals surface area (Å²) in [6, 6.07) is 0. The molecular weight excluding hydrogens is 226 g/mol. The molecule has 1 heterocycles. The second-order valence-corrected chi connectivity index (χ2v) is 4.96. The third-order valence-electron chi connectivity index (χ3n) is 2.14. The largest absolute Gasteiger partial charge is 0.382 e. The maximum absolute atomic E-state index is 5.83. The fourth-order valence-corrected chi connectivity index (χ4v) is 3.27. The van der Waals surface area contributed by atoms with Gasteiger partial charge in [0.25, 0.3) is 0 Å². The topological polar surface area (TPSA) is 42.2 Å². The van der Waals surface area contributed by atoms with Gasteiger partial charge in [-0.3, -0.25) is 0 Å². The number of anilines is 2. The molecule has 0 aliphatic heterocycles. The molecular formula is C10H19N3S2. The Kier molecular flexibility index (Phi) is 5.25. The number of hydrogen-bond donors (Lipinski definition) is 1. The Bertz CT molecular complexity index is 293. The van der Waals surface area contributed by atoms with Crippen LogP contribution in [0.4, 0.5) is 10.8 Å². The summed E-state index contributed by atoms with van der Waals surface area (Å²) < 4.78 is 4.23. The second kappa shape index (κ2) is 6.23. The Hall–Kier alpha value is -0.420. The summed E-state index contributed by atoms with van der Waals surface area (Å²) >= 11 is 3.21. The van der Waals surface area contributed by atoms with E-state index in [1.807, 2.05) is 0 Å².